The van der Waals surface area contributed by atoms with Gasteiger partial charge in [-0.25, -0.2) is 4.21 Å². The van der Waals surface area contributed by atoms with E-state index in [0.717, 1.165) is 6.42 Å². The summed E-state index contributed by atoms with van der Waals surface area (Å²) in [5, 5.41) is 3.07. The summed E-state index contributed by atoms with van der Waals surface area (Å²) in [6, 6.07) is 0. The zero-order chi connectivity index (χ0) is 15.3. The number of rotatable bonds is 2. The van der Waals surface area contributed by atoms with Crippen LogP contribution in [-0.2, 0) is 15.5 Å². The summed E-state index contributed by atoms with van der Waals surface area (Å²) in [6.07, 6.45) is 2.38. The van der Waals surface area contributed by atoms with Gasteiger partial charge in [-0.05, 0) is 50.2 Å². The lowest BCUT2D eigenvalue weighted by Crippen LogP contribution is -2.42. The number of methoxy groups -OCH3 is 1. The van der Waals surface area contributed by atoms with Crippen LogP contribution in [0.25, 0.3) is 0 Å². The summed E-state index contributed by atoms with van der Waals surface area (Å²) in [4.78, 5) is 0. The Morgan fingerprint density at radius 3 is 2.35 bits per heavy atom. The van der Waals surface area contributed by atoms with Gasteiger partial charge >= 0.3 is 0 Å². The average Bonchev–Trinajstić information content (AvgIpc) is 2.64. The highest BCUT2D eigenvalue weighted by atomic mass is 32.2. The van der Waals surface area contributed by atoms with Crippen LogP contribution in [0.1, 0.15) is 54.4 Å². The first-order valence-corrected chi connectivity index (χ1v) is 8.72. The summed E-state index contributed by atoms with van der Waals surface area (Å²) in [6.45, 7) is 13.1. The van der Waals surface area contributed by atoms with Crippen molar-refractivity contribution >= 4 is 10.8 Å². The predicted octanol–water partition coefficient (Wildman–Crippen LogP) is 3.58. The molecule has 2 rings (SSSR count). The smallest absolute Gasteiger partial charge is 0.104 e. The van der Waals surface area contributed by atoms with Crippen LogP contribution in [0.5, 0.6) is 0 Å². The Bertz CT molecular complexity index is 477. The van der Waals surface area contributed by atoms with Gasteiger partial charge in [0.1, 0.15) is 10.8 Å². The first-order valence-electron chi connectivity index (χ1n) is 7.51. The Hall–Kier alpha value is -0.330. The lowest BCUT2D eigenvalue weighted by molar-refractivity contribution is -0.0180. The molecule has 0 aromatic carbocycles. The molecule has 2 fully saturated rings. The summed E-state index contributed by atoms with van der Waals surface area (Å²) in [5.41, 5.74) is 0.197. The molecule has 3 heteroatoms. The Morgan fingerprint density at radius 2 is 1.85 bits per heavy atom. The standard InChI is InChI=1S/C17H28O2S/c1-15(2,3)10-11-20(18)13-12-8-9-17(6,14(13)19-7)16(12,4)5/h12-14H,8-9H2,1-7H3/t12?,13-,14-,17+,20?/m1/s1. The van der Waals surface area contributed by atoms with E-state index in [9.17, 15) is 4.21 Å². The Balaban J connectivity index is 2.33. The number of hydrogen-bond donors (Lipinski definition) is 0. The van der Waals surface area contributed by atoms with Crippen LogP contribution in [0, 0.1) is 33.3 Å². The second-order valence-corrected chi connectivity index (χ2v) is 9.52. The molecule has 0 amide bonds. The minimum Gasteiger partial charge on any atom is -0.380 e. The van der Waals surface area contributed by atoms with E-state index in [0.29, 0.717) is 5.92 Å². The largest absolute Gasteiger partial charge is 0.380 e. The first-order chi connectivity index (χ1) is 9.04. The normalized spacial score (nSPS) is 40.2. The van der Waals surface area contributed by atoms with E-state index in [1.54, 1.807) is 7.11 Å². The maximum absolute atomic E-state index is 12.7. The summed E-state index contributed by atoms with van der Waals surface area (Å²) in [5.74, 6) is 3.59. The highest BCUT2D eigenvalue weighted by Crippen LogP contribution is 2.67. The molecule has 114 valence electrons. The molecule has 2 aliphatic rings. The first kappa shape index (κ1) is 16.0. The van der Waals surface area contributed by atoms with Gasteiger partial charge < -0.3 is 4.74 Å². The zero-order valence-electron chi connectivity index (χ0n) is 13.9. The minimum atomic E-state index is -1.13. The molecule has 0 aromatic heterocycles. The highest BCUT2D eigenvalue weighted by Gasteiger charge is 2.67. The quantitative estimate of drug-likeness (QED) is 0.728. The van der Waals surface area contributed by atoms with Crippen LogP contribution in [0.3, 0.4) is 0 Å². The van der Waals surface area contributed by atoms with E-state index in [2.05, 4.69) is 52.7 Å². The van der Waals surface area contributed by atoms with Crippen LogP contribution in [0.15, 0.2) is 0 Å². The number of ether oxygens (including phenoxy) is 1. The molecule has 0 spiro atoms. The SMILES string of the molecule is CO[C@@H]1[C@H](S(=O)C#CC(C)(C)C)C2CC[C@]1(C)C2(C)C. The minimum absolute atomic E-state index is 0.0589. The molecule has 2 aliphatic carbocycles. The molecular weight excluding hydrogens is 268 g/mol. The fraction of sp³-hybridized carbons (Fsp3) is 0.882. The van der Waals surface area contributed by atoms with Crippen molar-refractivity contribution in [2.75, 3.05) is 7.11 Å². The average molecular weight is 296 g/mol. The van der Waals surface area contributed by atoms with E-state index in [1.807, 2.05) is 0 Å². The van der Waals surface area contributed by atoms with Crippen molar-refractivity contribution in [1.29, 1.82) is 0 Å². The third kappa shape index (κ3) is 2.25. The van der Waals surface area contributed by atoms with Crippen molar-refractivity contribution in [3.63, 3.8) is 0 Å². The molecule has 5 atom stereocenters. The van der Waals surface area contributed by atoms with Gasteiger partial charge in [0.05, 0.1) is 11.4 Å². The Kier molecular flexibility index (Phi) is 3.89. The summed E-state index contributed by atoms with van der Waals surface area (Å²) in [7, 11) is 0.628. The van der Waals surface area contributed by atoms with Gasteiger partial charge in [0.25, 0.3) is 0 Å². The van der Waals surface area contributed by atoms with Gasteiger partial charge in [-0.1, -0.05) is 26.7 Å². The molecule has 2 nitrogen and oxygen atoms in total. The Morgan fingerprint density at radius 1 is 1.25 bits per heavy atom. The van der Waals surface area contributed by atoms with Gasteiger partial charge in [-0.15, -0.1) is 0 Å². The summed E-state index contributed by atoms with van der Waals surface area (Å²) >= 11 is 0. The van der Waals surface area contributed by atoms with Crippen LogP contribution in [0.2, 0.25) is 0 Å². The van der Waals surface area contributed by atoms with Crippen molar-refractivity contribution in [3.05, 3.63) is 0 Å². The van der Waals surface area contributed by atoms with Crippen LogP contribution in [0.4, 0.5) is 0 Å². The monoisotopic (exact) mass is 296 g/mol. The second-order valence-electron chi connectivity index (χ2n) is 8.18. The molecule has 0 N–H and O–H groups in total. The fourth-order valence-corrected chi connectivity index (χ4v) is 6.10. The lowest BCUT2D eigenvalue weighted by Gasteiger charge is -2.38. The van der Waals surface area contributed by atoms with Crippen molar-refractivity contribution in [2.24, 2.45) is 22.2 Å². The predicted molar refractivity (Wildman–Crippen MR) is 84.6 cm³/mol. The molecular formula is C17H28O2S. The molecule has 0 aromatic rings. The van der Waals surface area contributed by atoms with Gasteiger partial charge in [0.2, 0.25) is 0 Å². The van der Waals surface area contributed by atoms with Crippen LogP contribution >= 0.6 is 0 Å². The van der Waals surface area contributed by atoms with Gasteiger partial charge in [-0.2, -0.15) is 0 Å². The number of hydrogen-bond acceptors (Lipinski definition) is 2. The number of fused-ring (bicyclic) bond motifs is 2. The van der Waals surface area contributed by atoms with E-state index in [-0.39, 0.29) is 27.6 Å². The van der Waals surface area contributed by atoms with E-state index >= 15 is 0 Å². The Labute approximate surface area is 126 Å². The van der Waals surface area contributed by atoms with Crippen molar-refractivity contribution in [3.8, 4) is 11.2 Å². The fourth-order valence-electron chi connectivity index (χ4n) is 4.15. The third-order valence-corrected chi connectivity index (χ3v) is 7.10. The molecule has 2 bridgehead atoms. The molecule has 2 unspecified atom stereocenters. The van der Waals surface area contributed by atoms with E-state index in [1.165, 1.54) is 6.42 Å². The van der Waals surface area contributed by atoms with Crippen LogP contribution in [-0.4, -0.2) is 22.7 Å². The molecule has 0 aliphatic heterocycles. The zero-order valence-corrected chi connectivity index (χ0v) is 14.7. The molecule has 0 radical (unpaired) electrons. The molecule has 0 saturated heterocycles. The molecule has 0 heterocycles. The van der Waals surface area contributed by atoms with Gasteiger partial charge in [0.15, 0.2) is 0 Å². The molecule has 2 saturated carbocycles. The maximum atomic E-state index is 12.7. The van der Waals surface area contributed by atoms with Gasteiger partial charge in [0, 0.05) is 17.9 Å². The maximum Gasteiger partial charge on any atom is 0.104 e. The topological polar surface area (TPSA) is 26.3 Å². The van der Waals surface area contributed by atoms with Crippen molar-refractivity contribution in [2.45, 2.75) is 65.7 Å². The third-order valence-electron chi connectivity index (χ3n) is 5.72. The van der Waals surface area contributed by atoms with E-state index in [4.69, 9.17) is 4.74 Å². The van der Waals surface area contributed by atoms with Gasteiger partial charge in [-0.3, -0.25) is 0 Å². The van der Waals surface area contributed by atoms with Crippen molar-refractivity contribution in [1.82, 2.24) is 0 Å². The lowest BCUT2D eigenvalue weighted by atomic mass is 9.70. The highest BCUT2D eigenvalue weighted by molar-refractivity contribution is 7.90. The second kappa shape index (κ2) is 4.85. The summed E-state index contributed by atoms with van der Waals surface area (Å²) < 4.78 is 18.5. The molecule has 20 heavy (non-hydrogen) atoms. The van der Waals surface area contributed by atoms with E-state index < -0.39 is 10.8 Å². The van der Waals surface area contributed by atoms with Crippen molar-refractivity contribution < 1.29 is 8.95 Å². The van der Waals surface area contributed by atoms with Crippen LogP contribution < -0.4 is 0 Å².